The Morgan fingerprint density at radius 1 is 1.07 bits per heavy atom. The average Bonchev–Trinajstić information content (AvgIpc) is 2.86. The topological polar surface area (TPSA) is 72.9 Å². The molecule has 0 spiro atoms. The van der Waals surface area contributed by atoms with E-state index in [1.165, 1.54) is 23.1 Å². The van der Waals surface area contributed by atoms with Gasteiger partial charge in [-0.05, 0) is 43.7 Å². The Morgan fingerprint density at radius 3 is 2.38 bits per heavy atom. The summed E-state index contributed by atoms with van der Waals surface area (Å²) in [5.41, 5.74) is 0.160. The second kappa shape index (κ2) is 9.26. The zero-order valence-electron chi connectivity index (χ0n) is 16.2. The van der Waals surface area contributed by atoms with Crippen molar-refractivity contribution in [2.45, 2.75) is 18.6 Å². The van der Waals surface area contributed by atoms with Crippen molar-refractivity contribution in [1.29, 1.82) is 0 Å². The van der Waals surface area contributed by atoms with Gasteiger partial charge in [-0.2, -0.15) is 0 Å². The monoisotopic (exact) mass is 421 g/mol. The summed E-state index contributed by atoms with van der Waals surface area (Å²) in [7, 11) is -3.57. The number of amides is 1. The van der Waals surface area contributed by atoms with Gasteiger partial charge in [-0.1, -0.05) is 18.2 Å². The van der Waals surface area contributed by atoms with Crippen LogP contribution in [0.1, 0.15) is 24.2 Å². The number of hydrogen-bond donors (Lipinski definition) is 0. The van der Waals surface area contributed by atoms with Crippen LogP contribution in [0.4, 0.5) is 4.39 Å². The molecule has 0 aliphatic carbocycles. The first-order valence-electron chi connectivity index (χ1n) is 9.50. The second-order valence-electron chi connectivity index (χ2n) is 6.74. The number of carbonyl (C=O) groups excluding carboxylic acids is 1. The Bertz CT molecular complexity index is 946. The van der Waals surface area contributed by atoms with Gasteiger partial charge in [-0.25, -0.2) is 12.8 Å². The highest BCUT2D eigenvalue weighted by atomic mass is 32.2. The van der Waals surface area contributed by atoms with E-state index in [0.29, 0.717) is 18.1 Å². The molecule has 1 heterocycles. The highest BCUT2D eigenvalue weighted by Gasteiger charge is 2.34. The number of ether oxygens (including phenoxy) is 2. The number of benzene rings is 2. The lowest BCUT2D eigenvalue weighted by Gasteiger charge is -2.20. The number of halogens is 1. The van der Waals surface area contributed by atoms with Crippen LogP contribution < -0.4 is 9.47 Å². The highest BCUT2D eigenvalue weighted by molar-refractivity contribution is 7.91. The summed E-state index contributed by atoms with van der Waals surface area (Å²) in [5.74, 6) is 0.181. The van der Waals surface area contributed by atoms with Crippen molar-refractivity contribution in [1.82, 2.24) is 4.90 Å². The Kier molecular flexibility index (Phi) is 6.74. The van der Waals surface area contributed by atoms with E-state index < -0.39 is 20.9 Å². The molecule has 1 unspecified atom stereocenters. The maximum atomic E-state index is 14.1. The number of hydrogen-bond acceptors (Lipinski definition) is 5. The maximum absolute atomic E-state index is 14.1. The van der Waals surface area contributed by atoms with Crippen molar-refractivity contribution in [3.8, 4) is 11.5 Å². The van der Waals surface area contributed by atoms with Gasteiger partial charge in [0.05, 0.1) is 17.6 Å². The molecule has 1 saturated heterocycles. The minimum Gasteiger partial charge on any atom is -0.494 e. The van der Waals surface area contributed by atoms with Crippen LogP contribution >= 0.6 is 0 Å². The molecular weight excluding hydrogens is 397 g/mol. The lowest BCUT2D eigenvalue weighted by molar-refractivity contribution is -0.133. The lowest BCUT2D eigenvalue weighted by atomic mass is 10.1. The van der Waals surface area contributed by atoms with Crippen molar-refractivity contribution in [3.63, 3.8) is 0 Å². The third kappa shape index (κ3) is 5.26. The van der Waals surface area contributed by atoms with Crippen LogP contribution in [-0.4, -0.2) is 51.3 Å². The molecule has 0 aromatic heterocycles. The number of carbonyl (C=O) groups is 1. The fourth-order valence-electron chi connectivity index (χ4n) is 3.31. The SMILES string of the molecule is CCOc1ccc(OCC(=O)N2CCC(c3ccccc3F)S(=O)(=O)CC2)cc1. The van der Waals surface area contributed by atoms with Gasteiger partial charge >= 0.3 is 0 Å². The quantitative estimate of drug-likeness (QED) is 0.717. The highest BCUT2D eigenvalue weighted by Crippen LogP contribution is 2.31. The molecule has 156 valence electrons. The first-order chi connectivity index (χ1) is 13.9. The number of rotatable bonds is 6. The van der Waals surface area contributed by atoms with Crippen LogP contribution in [0.15, 0.2) is 48.5 Å². The van der Waals surface area contributed by atoms with Gasteiger partial charge in [-0.3, -0.25) is 4.79 Å². The molecule has 1 atom stereocenters. The molecule has 0 saturated carbocycles. The third-order valence-corrected chi connectivity index (χ3v) is 6.95. The smallest absolute Gasteiger partial charge is 0.260 e. The molecule has 29 heavy (non-hydrogen) atoms. The van der Waals surface area contributed by atoms with Crippen LogP contribution in [-0.2, 0) is 14.6 Å². The first-order valence-corrected chi connectivity index (χ1v) is 11.2. The van der Waals surface area contributed by atoms with Crippen molar-refractivity contribution < 1.29 is 27.1 Å². The van der Waals surface area contributed by atoms with Crippen molar-refractivity contribution in [2.24, 2.45) is 0 Å². The summed E-state index contributed by atoms with van der Waals surface area (Å²) in [6.45, 7) is 2.55. The van der Waals surface area contributed by atoms with E-state index in [4.69, 9.17) is 9.47 Å². The van der Waals surface area contributed by atoms with Gasteiger partial charge in [0.1, 0.15) is 17.3 Å². The van der Waals surface area contributed by atoms with E-state index in [0.717, 1.165) is 0 Å². The van der Waals surface area contributed by atoms with Crippen LogP contribution in [0.5, 0.6) is 11.5 Å². The molecule has 6 nitrogen and oxygen atoms in total. The number of nitrogens with zero attached hydrogens (tertiary/aromatic N) is 1. The van der Waals surface area contributed by atoms with Crippen molar-refractivity contribution in [2.75, 3.05) is 32.1 Å². The average molecular weight is 421 g/mol. The normalized spacial score (nSPS) is 18.7. The lowest BCUT2D eigenvalue weighted by Crippen LogP contribution is -2.37. The van der Waals surface area contributed by atoms with Gasteiger partial charge in [0, 0.05) is 18.7 Å². The largest absolute Gasteiger partial charge is 0.494 e. The molecule has 1 amide bonds. The molecule has 1 fully saturated rings. The summed E-state index contributed by atoms with van der Waals surface area (Å²) in [4.78, 5) is 14.0. The fraction of sp³-hybridized carbons (Fsp3) is 0.381. The van der Waals surface area contributed by atoms with E-state index in [-0.39, 0.29) is 43.3 Å². The molecule has 0 bridgehead atoms. The second-order valence-corrected chi connectivity index (χ2v) is 9.04. The van der Waals surface area contributed by atoms with E-state index in [1.807, 2.05) is 6.92 Å². The molecule has 2 aromatic carbocycles. The Balaban J connectivity index is 1.62. The maximum Gasteiger partial charge on any atom is 0.260 e. The summed E-state index contributed by atoms with van der Waals surface area (Å²) in [6.07, 6.45) is 0.151. The van der Waals surface area contributed by atoms with Crippen LogP contribution in [0.2, 0.25) is 0 Å². The molecule has 0 radical (unpaired) electrons. The Morgan fingerprint density at radius 2 is 1.72 bits per heavy atom. The standard InChI is InChI=1S/C21H24FNO5S/c1-2-27-16-7-9-17(10-8-16)28-15-21(24)23-12-11-20(29(25,26)14-13-23)18-5-3-4-6-19(18)22/h3-10,20H,2,11-15H2,1H3. The predicted molar refractivity (Wildman–Crippen MR) is 107 cm³/mol. The van der Waals surface area contributed by atoms with E-state index >= 15 is 0 Å². The first kappa shape index (κ1) is 21.1. The molecule has 3 rings (SSSR count). The van der Waals surface area contributed by atoms with Crippen molar-refractivity contribution >= 4 is 15.7 Å². The molecule has 1 aliphatic rings. The van der Waals surface area contributed by atoms with Crippen molar-refractivity contribution in [3.05, 3.63) is 59.9 Å². The minimum absolute atomic E-state index is 0.0682. The summed E-state index contributed by atoms with van der Waals surface area (Å²) >= 11 is 0. The third-order valence-electron chi connectivity index (χ3n) is 4.84. The zero-order valence-corrected chi connectivity index (χ0v) is 17.0. The molecular formula is C21H24FNO5S. The van der Waals surface area contributed by atoms with Crippen LogP contribution in [0.3, 0.4) is 0 Å². The molecule has 2 aromatic rings. The van der Waals surface area contributed by atoms with Crippen LogP contribution in [0.25, 0.3) is 0 Å². The summed E-state index contributed by atoms with van der Waals surface area (Å²) < 4.78 is 50.3. The van der Waals surface area contributed by atoms with E-state index in [9.17, 15) is 17.6 Å². The van der Waals surface area contributed by atoms with Gasteiger partial charge in [0.2, 0.25) is 0 Å². The number of sulfone groups is 1. The predicted octanol–water partition coefficient (Wildman–Crippen LogP) is 2.99. The zero-order chi connectivity index (χ0) is 20.9. The summed E-state index contributed by atoms with van der Waals surface area (Å²) in [6, 6.07) is 12.8. The fourth-order valence-corrected chi connectivity index (χ4v) is 5.12. The van der Waals surface area contributed by atoms with Gasteiger partial charge < -0.3 is 14.4 Å². The van der Waals surface area contributed by atoms with Crippen LogP contribution in [0, 0.1) is 5.82 Å². The Labute approximate surface area is 170 Å². The van der Waals surface area contributed by atoms with E-state index in [1.54, 1.807) is 30.3 Å². The minimum atomic E-state index is -3.57. The van der Waals surface area contributed by atoms with Gasteiger partial charge in [0.25, 0.3) is 5.91 Å². The van der Waals surface area contributed by atoms with Gasteiger partial charge in [0.15, 0.2) is 16.4 Å². The Hall–Kier alpha value is -2.61. The van der Waals surface area contributed by atoms with Gasteiger partial charge in [-0.15, -0.1) is 0 Å². The molecule has 8 heteroatoms. The molecule has 0 N–H and O–H groups in total. The molecule has 1 aliphatic heterocycles. The van der Waals surface area contributed by atoms with E-state index in [2.05, 4.69) is 0 Å². The summed E-state index contributed by atoms with van der Waals surface area (Å²) in [5, 5.41) is -0.950.